The van der Waals surface area contributed by atoms with Crippen molar-refractivity contribution in [2.24, 2.45) is 0 Å². The molecule has 4 aromatic heterocycles. The second-order valence-corrected chi connectivity index (χ2v) is 9.55. The van der Waals surface area contributed by atoms with Crippen molar-refractivity contribution in [3.8, 4) is 17.1 Å². The lowest BCUT2D eigenvalue weighted by Gasteiger charge is -2.26. The topological polar surface area (TPSA) is 100 Å². The third-order valence-corrected chi connectivity index (χ3v) is 5.78. The Bertz CT molecular complexity index is 1320. The summed E-state index contributed by atoms with van der Waals surface area (Å²) in [5.74, 6) is 1.54. The molecule has 1 aliphatic rings. The van der Waals surface area contributed by atoms with Crippen LogP contribution in [0.3, 0.4) is 0 Å². The maximum absolute atomic E-state index is 10.7. The lowest BCUT2D eigenvalue weighted by Crippen LogP contribution is -2.44. The van der Waals surface area contributed by atoms with Crippen molar-refractivity contribution in [2.75, 3.05) is 18.0 Å². The molecule has 166 valence electrons. The van der Waals surface area contributed by atoms with E-state index in [0.717, 1.165) is 36.4 Å². The number of rotatable bonds is 3. The first-order valence-corrected chi connectivity index (χ1v) is 11.0. The summed E-state index contributed by atoms with van der Waals surface area (Å²) in [5.41, 5.74) is 4.21. The number of anilines is 1. The lowest BCUT2D eigenvalue weighted by atomic mass is 10.1. The van der Waals surface area contributed by atoms with Crippen LogP contribution in [0.4, 0.5) is 5.82 Å². The Balaban J connectivity index is 1.45. The summed E-state index contributed by atoms with van der Waals surface area (Å²) in [4.78, 5) is 20.6. The summed E-state index contributed by atoms with van der Waals surface area (Å²) < 4.78 is 5.58. The average molecular weight is 433 g/mol. The molecule has 0 aromatic carbocycles. The number of nitrogens with zero attached hydrogens (tertiary/aromatic N) is 5. The van der Waals surface area contributed by atoms with Crippen molar-refractivity contribution in [1.29, 1.82) is 0 Å². The Labute approximate surface area is 186 Å². The van der Waals surface area contributed by atoms with Crippen molar-refractivity contribution >= 4 is 28.1 Å². The predicted molar refractivity (Wildman–Crippen MR) is 125 cm³/mol. The van der Waals surface area contributed by atoms with Crippen molar-refractivity contribution < 1.29 is 9.52 Å². The number of fused-ring (bicyclic) bond motifs is 2. The fraction of sp³-hybridized carbons (Fsp3) is 0.417. The zero-order chi connectivity index (χ0) is 22.6. The Kier molecular flexibility index (Phi) is 4.78. The Morgan fingerprint density at radius 1 is 1.03 bits per heavy atom. The van der Waals surface area contributed by atoms with Gasteiger partial charge in [-0.3, -0.25) is 0 Å². The molecule has 1 saturated heterocycles. The molecule has 5 rings (SSSR count). The van der Waals surface area contributed by atoms with Gasteiger partial charge in [0.2, 0.25) is 5.71 Å². The molecule has 1 fully saturated rings. The van der Waals surface area contributed by atoms with E-state index in [2.05, 4.69) is 41.0 Å². The highest BCUT2D eigenvalue weighted by atomic mass is 16.4. The maximum Gasteiger partial charge on any atom is 0.248 e. The molecule has 0 radical (unpaired) electrons. The highest BCUT2D eigenvalue weighted by Gasteiger charge is 2.26. The van der Waals surface area contributed by atoms with Crippen LogP contribution in [-0.2, 0) is 0 Å². The third kappa shape index (κ3) is 3.75. The summed E-state index contributed by atoms with van der Waals surface area (Å²) in [7, 11) is 0. The van der Waals surface area contributed by atoms with Crippen molar-refractivity contribution in [1.82, 2.24) is 25.3 Å². The van der Waals surface area contributed by atoms with Gasteiger partial charge in [0, 0.05) is 37.2 Å². The molecule has 8 heteroatoms. The number of hydrogen-bond donors (Lipinski definition) is 2. The van der Waals surface area contributed by atoms with Crippen LogP contribution in [-0.4, -0.2) is 49.7 Å². The van der Waals surface area contributed by atoms with E-state index in [4.69, 9.17) is 14.4 Å². The molecule has 1 aliphatic heterocycles. The van der Waals surface area contributed by atoms with Crippen LogP contribution < -0.4 is 10.2 Å². The Hall–Kier alpha value is -3.26. The number of aryl methyl sites for hydroxylation is 2. The Morgan fingerprint density at radius 3 is 2.56 bits per heavy atom. The molecule has 0 amide bonds. The first kappa shape index (κ1) is 20.6. The zero-order valence-corrected chi connectivity index (χ0v) is 19.1. The molecule has 32 heavy (non-hydrogen) atoms. The maximum atomic E-state index is 10.7. The normalized spacial score (nSPS) is 17.0. The molecule has 1 atom stereocenters. The van der Waals surface area contributed by atoms with Crippen LogP contribution in [0.1, 0.15) is 38.6 Å². The molecule has 0 spiro atoms. The SMILES string of the molecule is Cc1nc2c(C)c(O)c(-c3ccc4nc(N5CC[C@@H](NC(C)(C)C)C5)ccc4n3)nc2o1. The molecule has 0 bridgehead atoms. The average Bonchev–Trinajstić information content (AvgIpc) is 3.34. The van der Waals surface area contributed by atoms with Gasteiger partial charge in [-0.15, -0.1) is 0 Å². The molecule has 2 N–H and O–H groups in total. The van der Waals surface area contributed by atoms with Gasteiger partial charge in [-0.25, -0.2) is 19.9 Å². The molecular weight excluding hydrogens is 404 g/mol. The fourth-order valence-electron chi connectivity index (χ4n) is 4.36. The van der Waals surface area contributed by atoms with Crippen molar-refractivity contribution in [3.63, 3.8) is 0 Å². The van der Waals surface area contributed by atoms with Gasteiger partial charge < -0.3 is 19.7 Å². The molecule has 4 aromatic rings. The minimum absolute atomic E-state index is 0.0664. The van der Waals surface area contributed by atoms with Crippen LogP contribution in [0.25, 0.3) is 33.7 Å². The second kappa shape index (κ2) is 7.41. The standard InChI is InChI=1S/C24H28N6O2/c1-13-20-23(32-14(2)25-20)28-21(22(13)31)18-7-6-17-16(26-18)8-9-19(27-17)30-11-10-15(12-30)29-24(3,4)5/h6-9,15,29,31H,10-12H2,1-5H3/t15-/m1/s1. The molecule has 0 aliphatic carbocycles. The third-order valence-electron chi connectivity index (χ3n) is 5.78. The quantitative estimate of drug-likeness (QED) is 0.499. The number of hydrogen-bond acceptors (Lipinski definition) is 8. The monoisotopic (exact) mass is 432 g/mol. The van der Waals surface area contributed by atoms with Gasteiger partial charge in [-0.1, -0.05) is 0 Å². The molecule has 8 nitrogen and oxygen atoms in total. The summed E-state index contributed by atoms with van der Waals surface area (Å²) >= 11 is 0. The van der Waals surface area contributed by atoms with Gasteiger partial charge in [0.1, 0.15) is 22.8 Å². The molecule has 0 saturated carbocycles. The second-order valence-electron chi connectivity index (χ2n) is 9.55. The van der Waals surface area contributed by atoms with Crippen molar-refractivity contribution in [3.05, 3.63) is 35.7 Å². The van der Waals surface area contributed by atoms with Gasteiger partial charge in [0.25, 0.3) is 0 Å². The first-order valence-electron chi connectivity index (χ1n) is 11.0. The van der Waals surface area contributed by atoms with E-state index in [1.54, 1.807) is 13.8 Å². The first-order chi connectivity index (χ1) is 15.2. The number of oxazole rings is 1. The molecule has 0 unspecified atom stereocenters. The van der Waals surface area contributed by atoms with E-state index in [1.165, 1.54) is 0 Å². The molecule has 5 heterocycles. The highest BCUT2D eigenvalue weighted by molar-refractivity contribution is 5.84. The smallest absolute Gasteiger partial charge is 0.248 e. The minimum atomic E-state index is 0.0664. The zero-order valence-electron chi connectivity index (χ0n) is 19.1. The van der Waals surface area contributed by atoms with Gasteiger partial charge >= 0.3 is 0 Å². The van der Waals surface area contributed by atoms with Crippen molar-refractivity contribution in [2.45, 2.75) is 52.6 Å². The van der Waals surface area contributed by atoms with E-state index in [-0.39, 0.29) is 11.3 Å². The van der Waals surface area contributed by atoms with Crippen LogP contribution >= 0.6 is 0 Å². The van der Waals surface area contributed by atoms with E-state index in [1.807, 2.05) is 24.3 Å². The summed E-state index contributed by atoms with van der Waals surface area (Å²) in [6.45, 7) is 12.1. The predicted octanol–water partition coefficient (Wildman–Crippen LogP) is 4.12. The van der Waals surface area contributed by atoms with Gasteiger partial charge in [-0.2, -0.15) is 0 Å². The van der Waals surface area contributed by atoms with E-state index in [9.17, 15) is 5.11 Å². The van der Waals surface area contributed by atoms with E-state index >= 15 is 0 Å². The van der Waals surface area contributed by atoms with Crippen LogP contribution in [0.5, 0.6) is 5.75 Å². The highest BCUT2D eigenvalue weighted by Crippen LogP contribution is 2.34. The minimum Gasteiger partial charge on any atom is -0.505 e. The number of aromatic nitrogens is 4. The number of aromatic hydroxyl groups is 1. The summed E-state index contributed by atoms with van der Waals surface area (Å²) in [6, 6.07) is 8.21. The summed E-state index contributed by atoms with van der Waals surface area (Å²) in [6.07, 6.45) is 1.10. The van der Waals surface area contributed by atoms with Crippen LogP contribution in [0.2, 0.25) is 0 Å². The number of pyridine rings is 3. The van der Waals surface area contributed by atoms with Crippen LogP contribution in [0.15, 0.2) is 28.7 Å². The largest absolute Gasteiger partial charge is 0.505 e. The van der Waals surface area contributed by atoms with Crippen LogP contribution in [0, 0.1) is 13.8 Å². The summed E-state index contributed by atoms with van der Waals surface area (Å²) in [5, 5.41) is 14.4. The Morgan fingerprint density at radius 2 is 1.78 bits per heavy atom. The molecular formula is C24H28N6O2. The van der Waals surface area contributed by atoms with Gasteiger partial charge in [-0.05, 0) is 58.4 Å². The fourth-order valence-corrected chi connectivity index (χ4v) is 4.36. The van der Waals surface area contributed by atoms with E-state index < -0.39 is 0 Å². The van der Waals surface area contributed by atoms with E-state index in [0.29, 0.717) is 40.1 Å². The number of nitrogens with one attached hydrogen (secondary N) is 1. The van der Waals surface area contributed by atoms with Gasteiger partial charge in [0.05, 0.1) is 16.7 Å². The lowest BCUT2D eigenvalue weighted by molar-refractivity contribution is 0.373. The van der Waals surface area contributed by atoms with Gasteiger partial charge in [0.15, 0.2) is 5.89 Å².